The van der Waals surface area contributed by atoms with Crippen LogP contribution in [-0.4, -0.2) is 38.1 Å². The van der Waals surface area contributed by atoms with Crippen molar-refractivity contribution in [3.63, 3.8) is 0 Å². The van der Waals surface area contributed by atoms with Crippen LogP contribution >= 0.6 is 0 Å². The minimum Gasteiger partial charge on any atom is -0.393 e. The maximum Gasteiger partial charge on any atom is 0.0883 e. The van der Waals surface area contributed by atoms with E-state index in [-0.39, 0.29) is 6.10 Å². The molecule has 2 aliphatic heterocycles. The maximum atomic E-state index is 9.91. The van der Waals surface area contributed by atoms with Crippen molar-refractivity contribution in [3.8, 4) is 0 Å². The van der Waals surface area contributed by atoms with E-state index in [4.69, 9.17) is 0 Å². The van der Waals surface area contributed by atoms with Gasteiger partial charge in [-0.25, -0.2) is 0 Å². The highest BCUT2D eigenvalue weighted by molar-refractivity contribution is 5.91. The molecule has 2 aliphatic rings. The van der Waals surface area contributed by atoms with Crippen LogP contribution < -0.4 is 4.90 Å². The summed E-state index contributed by atoms with van der Waals surface area (Å²) in [5.41, 5.74) is 2.26. The third-order valence-electron chi connectivity index (χ3n) is 4.64. The van der Waals surface area contributed by atoms with E-state index in [1.165, 1.54) is 23.9 Å². The number of hydrogen-bond donors (Lipinski definition) is 1. The van der Waals surface area contributed by atoms with Crippen LogP contribution in [0.4, 0.5) is 5.69 Å². The van der Waals surface area contributed by atoms with E-state index < -0.39 is 0 Å². The molecule has 2 atom stereocenters. The number of aliphatic hydroxyl groups excluding tert-OH is 1. The number of fused-ring (bicyclic) bond motifs is 3. The molecule has 2 aromatic heterocycles. The molecule has 0 radical (unpaired) electrons. The first kappa shape index (κ1) is 11.2. The smallest absolute Gasteiger partial charge is 0.0883 e. The molecule has 4 rings (SSSR count). The third-order valence-corrected chi connectivity index (χ3v) is 4.64. The summed E-state index contributed by atoms with van der Waals surface area (Å²) in [6.45, 7) is 0. The second-order valence-electron chi connectivity index (χ2n) is 5.78. The Labute approximate surface area is 111 Å². The number of aromatic nitrogens is 3. The molecule has 2 unspecified atom stereocenters. The summed E-state index contributed by atoms with van der Waals surface area (Å²) in [6, 6.07) is 0.919. The van der Waals surface area contributed by atoms with E-state index in [1.807, 2.05) is 30.3 Å². The predicted octanol–water partition coefficient (Wildman–Crippen LogP) is 1.46. The van der Waals surface area contributed by atoms with Gasteiger partial charge in [-0.15, -0.1) is 0 Å². The summed E-state index contributed by atoms with van der Waals surface area (Å²) in [7, 11) is 1.95. The lowest BCUT2D eigenvalue weighted by Gasteiger charge is -2.39. The van der Waals surface area contributed by atoms with Gasteiger partial charge in [-0.2, -0.15) is 5.10 Å². The van der Waals surface area contributed by atoms with Crippen molar-refractivity contribution in [1.29, 1.82) is 0 Å². The highest BCUT2D eigenvalue weighted by atomic mass is 16.3. The largest absolute Gasteiger partial charge is 0.393 e. The number of anilines is 1. The Kier molecular flexibility index (Phi) is 2.33. The van der Waals surface area contributed by atoms with E-state index in [9.17, 15) is 5.11 Å². The Bertz CT molecular complexity index is 609. The van der Waals surface area contributed by atoms with Crippen LogP contribution in [0.2, 0.25) is 0 Å². The second kappa shape index (κ2) is 3.93. The molecule has 19 heavy (non-hydrogen) atoms. The number of pyridine rings is 1. The molecule has 0 spiro atoms. The molecule has 4 heterocycles. The Morgan fingerprint density at radius 1 is 1.16 bits per heavy atom. The number of hydrogen-bond acceptors (Lipinski definition) is 4. The average molecular weight is 258 g/mol. The number of nitrogens with zero attached hydrogens (tertiary/aromatic N) is 4. The van der Waals surface area contributed by atoms with Crippen molar-refractivity contribution >= 4 is 16.6 Å². The predicted molar refractivity (Wildman–Crippen MR) is 73.0 cm³/mol. The zero-order chi connectivity index (χ0) is 13.0. The van der Waals surface area contributed by atoms with Crippen molar-refractivity contribution in [1.82, 2.24) is 14.8 Å². The fourth-order valence-electron chi connectivity index (χ4n) is 3.79. The summed E-state index contributed by atoms with van der Waals surface area (Å²) < 4.78 is 1.87. The standard InChI is InChI=1S/C14H18N4O/c1-17-13-7-15-8-14(12(13)6-16-17)18-9-2-3-10(18)5-11(19)4-9/h6-11,19H,2-5H2,1H3. The monoisotopic (exact) mass is 258 g/mol. The second-order valence-corrected chi connectivity index (χ2v) is 5.78. The quantitative estimate of drug-likeness (QED) is 0.841. The van der Waals surface area contributed by atoms with Crippen LogP contribution in [0, 0.1) is 0 Å². The summed E-state index contributed by atoms with van der Waals surface area (Å²) in [5.74, 6) is 0. The molecule has 5 heteroatoms. The topological polar surface area (TPSA) is 54.2 Å². The first-order chi connectivity index (χ1) is 9.24. The van der Waals surface area contributed by atoms with Gasteiger partial charge < -0.3 is 10.0 Å². The van der Waals surface area contributed by atoms with Crippen molar-refractivity contribution in [2.45, 2.75) is 43.9 Å². The van der Waals surface area contributed by atoms with Crippen molar-refractivity contribution < 1.29 is 5.11 Å². The normalized spacial score (nSPS) is 30.2. The summed E-state index contributed by atoms with van der Waals surface area (Å²) in [5, 5.41) is 15.4. The Hall–Kier alpha value is -1.62. The molecule has 2 fully saturated rings. The van der Waals surface area contributed by atoms with Gasteiger partial charge in [0.15, 0.2) is 0 Å². The molecular formula is C14H18N4O. The number of aliphatic hydroxyl groups is 1. The number of piperidine rings is 1. The van der Waals surface area contributed by atoms with E-state index in [2.05, 4.69) is 15.0 Å². The fourth-order valence-corrected chi connectivity index (χ4v) is 3.79. The van der Waals surface area contributed by atoms with E-state index >= 15 is 0 Å². The fraction of sp³-hybridized carbons (Fsp3) is 0.571. The third kappa shape index (κ3) is 1.57. The van der Waals surface area contributed by atoms with Gasteiger partial charge in [0.1, 0.15) is 0 Å². The SMILES string of the molecule is Cn1ncc2c(N3C4CCC3CC(O)C4)cncc21. The van der Waals surface area contributed by atoms with Gasteiger partial charge in [0.05, 0.1) is 35.9 Å². The highest BCUT2D eigenvalue weighted by Gasteiger charge is 2.40. The summed E-state index contributed by atoms with van der Waals surface area (Å²) in [6.07, 6.45) is 9.74. The summed E-state index contributed by atoms with van der Waals surface area (Å²) >= 11 is 0. The first-order valence-electron chi connectivity index (χ1n) is 6.96. The highest BCUT2D eigenvalue weighted by Crippen LogP contribution is 2.41. The van der Waals surface area contributed by atoms with E-state index in [0.717, 1.165) is 18.4 Å². The Morgan fingerprint density at radius 2 is 1.89 bits per heavy atom. The molecule has 100 valence electrons. The first-order valence-corrected chi connectivity index (χ1v) is 6.96. The van der Waals surface area contributed by atoms with Crippen LogP contribution in [0.3, 0.4) is 0 Å². The van der Waals surface area contributed by atoms with E-state index in [1.54, 1.807) is 0 Å². The molecule has 0 saturated carbocycles. The minimum atomic E-state index is -0.130. The lowest BCUT2D eigenvalue weighted by atomic mass is 9.99. The number of aryl methyl sites for hydroxylation is 1. The molecule has 2 bridgehead atoms. The van der Waals surface area contributed by atoms with Gasteiger partial charge in [0, 0.05) is 24.5 Å². The van der Waals surface area contributed by atoms with Crippen molar-refractivity contribution in [3.05, 3.63) is 18.6 Å². The molecule has 1 N–H and O–H groups in total. The van der Waals surface area contributed by atoms with Crippen LogP contribution in [0.25, 0.3) is 10.9 Å². The molecule has 2 aromatic rings. The zero-order valence-electron chi connectivity index (χ0n) is 11.0. The van der Waals surface area contributed by atoms with Gasteiger partial charge in [-0.05, 0) is 25.7 Å². The van der Waals surface area contributed by atoms with Crippen molar-refractivity contribution in [2.75, 3.05) is 4.90 Å². The Balaban J connectivity index is 1.83. The van der Waals surface area contributed by atoms with Crippen LogP contribution in [0.15, 0.2) is 18.6 Å². The summed E-state index contributed by atoms with van der Waals surface area (Å²) in [4.78, 5) is 6.85. The van der Waals surface area contributed by atoms with Gasteiger partial charge in [-0.3, -0.25) is 9.67 Å². The molecule has 5 nitrogen and oxygen atoms in total. The van der Waals surface area contributed by atoms with Gasteiger partial charge >= 0.3 is 0 Å². The minimum absolute atomic E-state index is 0.130. The molecule has 0 amide bonds. The molecule has 0 aromatic carbocycles. The maximum absolute atomic E-state index is 9.91. The lowest BCUT2D eigenvalue weighted by Crippen LogP contribution is -2.44. The number of rotatable bonds is 1. The lowest BCUT2D eigenvalue weighted by molar-refractivity contribution is 0.126. The van der Waals surface area contributed by atoms with Crippen molar-refractivity contribution in [2.24, 2.45) is 7.05 Å². The van der Waals surface area contributed by atoms with Crippen LogP contribution in [0.5, 0.6) is 0 Å². The molecule has 0 aliphatic carbocycles. The Morgan fingerprint density at radius 3 is 2.63 bits per heavy atom. The molecular weight excluding hydrogens is 240 g/mol. The van der Waals surface area contributed by atoms with Gasteiger partial charge in [0.2, 0.25) is 0 Å². The van der Waals surface area contributed by atoms with Crippen LogP contribution in [-0.2, 0) is 7.05 Å². The zero-order valence-corrected chi connectivity index (χ0v) is 11.0. The van der Waals surface area contributed by atoms with E-state index in [0.29, 0.717) is 12.1 Å². The average Bonchev–Trinajstić information content (AvgIpc) is 2.89. The van der Waals surface area contributed by atoms with Gasteiger partial charge in [-0.1, -0.05) is 0 Å². The van der Waals surface area contributed by atoms with Crippen LogP contribution in [0.1, 0.15) is 25.7 Å². The van der Waals surface area contributed by atoms with Gasteiger partial charge in [0.25, 0.3) is 0 Å². The molecule has 2 saturated heterocycles.